The van der Waals surface area contributed by atoms with E-state index in [0.717, 1.165) is 122 Å². The maximum Gasteiger partial charge on any atom is 0.306 e. The van der Waals surface area contributed by atoms with E-state index in [0.29, 0.717) is 12.8 Å². The smallest absolute Gasteiger partial charge is 0.306 e. The summed E-state index contributed by atoms with van der Waals surface area (Å²) in [4.78, 5) is 38.1. The predicted octanol–water partition coefficient (Wildman–Crippen LogP) is 19.1. The SMILES string of the molecule is CCCCC/C=C\C/C=C\C/C=C\CCCCCCCCC(=O)OC[C@@H](COC(=O)CCCC/C=C\C/C=C\C/C=C\CCCCC)OC(=O)CCCCCC/C=C\C/C=C\C/C=C\CCCCC. The van der Waals surface area contributed by atoms with Crippen molar-refractivity contribution in [1.29, 1.82) is 0 Å². The fraction of sp³-hybridized carbons (Fsp3) is 0.667. The van der Waals surface area contributed by atoms with Crippen molar-refractivity contribution in [1.82, 2.24) is 0 Å². The summed E-state index contributed by atoms with van der Waals surface area (Å²) < 4.78 is 16.8. The van der Waals surface area contributed by atoms with Gasteiger partial charge in [0.15, 0.2) is 6.10 Å². The molecule has 6 heteroatoms. The second kappa shape index (κ2) is 56.7. The fourth-order valence-corrected chi connectivity index (χ4v) is 7.40. The molecule has 0 aliphatic rings. The van der Waals surface area contributed by atoms with Crippen molar-refractivity contribution >= 4 is 17.9 Å². The number of hydrogen-bond donors (Lipinski definition) is 0. The third kappa shape index (κ3) is 54.9. The average Bonchev–Trinajstić information content (AvgIpc) is 3.35. The van der Waals surface area contributed by atoms with Crippen LogP contribution in [-0.2, 0) is 28.6 Å². The van der Waals surface area contributed by atoms with E-state index in [1.807, 2.05) is 0 Å². The molecule has 0 N–H and O–H groups in total. The topological polar surface area (TPSA) is 78.9 Å². The van der Waals surface area contributed by atoms with Crippen LogP contribution < -0.4 is 0 Å². The number of allylic oxidation sites excluding steroid dienone is 18. The molecule has 0 rings (SSSR count). The maximum atomic E-state index is 12.8. The molecule has 0 radical (unpaired) electrons. The lowest BCUT2D eigenvalue weighted by Gasteiger charge is -2.18. The number of rotatable bonds is 50. The monoisotopic (exact) mass is 957 g/mol. The number of esters is 3. The Kier molecular flexibility index (Phi) is 53.4. The lowest BCUT2D eigenvalue weighted by Crippen LogP contribution is -2.30. The Labute approximate surface area is 425 Å². The van der Waals surface area contributed by atoms with E-state index in [1.165, 1.54) is 89.9 Å². The first-order chi connectivity index (χ1) is 34.0. The van der Waals surface area contributed by atoms with Gasteiger partial charge in [-0.2, -0.15) is 0 Å². The zero-order chi connectivity index (χ0) is 50.0. The molecule has 0 aromatic heterocycles. The normalized spacial score (nSPS) is 12.9. The highest BCUT2D eigenvalue weighted by atomic mass is 16.6. The molecule has 6 nitrogen and oxygen atoms in total. The van der Waals surface area contributed by atoms with Gasteiger partial charge in [-0.3, -0.25) is 14.4 Å². The zero-order valence-corrected chi connectivity index (χ0v) is 44.8. The summed E-state index contributed by atoms with van der Waals surface area (Å²) in [7, 11) is 0. The molecule has 69 heavy (non-hydrogen) atoms. The molecule has 392 valence electrons. The van der Waals surface area contributed by atoms with Crippen LogP contribution >= 0.6 is 0 Å². The Morgan fingerprint density at radius 3 is 0.841 bits per heavy atom. The number of carbonyl (C=O) groups is 3. The fourth-order valence-electron chi connectivity index (χ4n) is 7.40. The lowest BCUT2D eigenvalue weighted by atomic mass is 10.1. The summed E-state index contributed by atoms with van der Waals surface area (Å²) in [5.74, 6) is -0.982. The molecule has 0 amide bonds. The van der Waals surface area contributed by atoms with E-state index in [4.69, 9.17) is 14.2 Å². The van der Waals surface area contributed by atoms with Gasteiger partial charge in [0.2, 0.25) is 0 Å². The molecule has 0 heterocycles. The van der Waals surface area contributed by atoms with E-state index in [1.54, 1.807) is 0 Å². The highest BCUT2D eigenvalue weighted by Gasteiger charge is 2.19. The number of unbranched alkanes of at least 4 members (excludes halogenated alkanes) is 21. The van der Waals surface area contributed by atoms with E-state index in [-0.39, 0.29) is 37.5 Å². The van der Waals surface area contributed by atoms with Gasteiger partial charge in [0.05, 0.1) is 0 Å². The van der Waals surface area contributed by atoms with Gasteiger partial charge in [-0.25, -0.2) is 0 Å². The van der Waals surface area contributed by atoms with Gasteiger partial charge in [-0.15, -0.1) is 0 Å². The summed E-state index contributed by atoms with van der Waals surface area (Å²) in [5.41, 5.74) is 0. The van der Waals surface area contributed by atoms with Crippen molar-refractivity contribution in [2.24, 2.45) is 0 Å². The van der Waals surface area contributed by atoms with Crippen molar-refractivity contribution in [2.75, 3.05) is 13.2 Å². The number of ether oxygens (including phenoxy) is 3. The third-order valence-corrected chi connectivity index (χ3v) is 11.7. The van der Waals surface area contributed by atoms with Crippen molar-refractivity contribution in [2.45, 2.75) is 258 Å². The summed E-state index contributed by atoms with van der Waals surface area (Å²) >= 11 is 0. The average molecular weight is 958 g/mol. The van der Waals surface area contributed by atoms with E-state index in [9.17, 15) is 14.4 Å². The molecule has 0 aromatic rings. The van der Waals surface area contributed by atoms with Gasteiger partial charge < -0.3 is 14.2 Å². The van der Waals surface area contributed by atoms with Crippen LogP contribution in [0.5, 0.6) is 0 Å². The molecule has 0 aliphatic carbocycles. The zero-order valence-electron chi connectivity index (χ0n) is 44.8. The molecule has 0 saturated heterocycles. The second-order valence-electron chi connectivity index (χ2n) is 18.5. The van der Waals surface area contributed by atoms with Crippen molar-refractivity contribution in [3.63, 3.8) is 0 Å². The summed E-state index contributed by atoms with van der Waals surface area (Å²) in [5, 5.41) is 0. The van der Waals surface area contributed by atoms with Crippen LogP contribution in [0.2, 0.25) is 0 Å². The Morgan fingerprint density at radius 2 is 0.522 bits per heavy atom. The van der Waals surface area contributed by atoms with Gasteiger partial charge in [0, 0.05) is 19.3 Å². The minimum atomic E-state index is -0.814. The molecule has 0 saturated carbocycles. The Bertz CT molecular complexity index is 1420. The van der Waals surface area contributed by atoms with Crippen LogP contribution in [0.25, 0.3) is 0 Å². The van der Waals surface area contributed by atoms with Crippen LogP contribution in [0.15, 0.2) is 109 Å². The first-order valence-corrected chi connectivity index (χ1v) is 28.4. The van der Waals surface area contributed by atoms with E-state index < -0.39 is 6.10 Å². The Hall–Kier alpha value is -3.93. The Balaban J connectivity index is 4.52. The third-order valence-electron chi connectivity index (χ3n) is 11.7. The van der Waals surface area contributed by atoms with Crippen LogP contribution in [0.3, 0.4) is 0 Å². The highest BCUT2D eigenvalue weighted by molar-refractivity contribution is 5.71. The van der Waals surface area contributed by atoms with Gasteiger partial charge in [-0.05, 0) is 135 Å². The van der Waals surface area contributed by atoms with Crippen molar-refractivity contribution in [3.8, 4) is 0 Å². The summed E-state index contributed by atoms with van der Waals surface area (Å²) in [6, 6.07) is 0. The molecule has 0 aromatic carbocycles. The summed E-state index contributed by atoms with van der Waals surface area (Å²) in [6.07, 6.45) is 76.4. The Morgan fingerprint density at radius 1 is 0.290 bits per heavy atom. The van der Waals surface area contributed by atoms with Crippen LogP contribution in [0, 0.1) is 0 Å². The predicted molar refractivity (Wildman–Crippen MR) is 297 cm³/mol. The molecule has 0 aliphatic heterocycles. The van der Waals surface area contributed by atoms with E-state index in [2.05, 4.69) is 130 Å². The molecular formula is C63H104O6. The minimum Gasteiger partial charge on any atom is -0.462 e. The van der Waals surface area contributed by atoms with Gasteiger partial charge in [0.25, 0.3) is 0 Å². The standard InChI is InChI=1S/C63H104O6/c1-4-7-10-13-16-19-22-25-28-30-31-33-35-38-41-44-47-50-53-56-62(65)68-59-60(58-67-61(64)55-52-49-46-43-40-37-34-27-24-21-18-15-12-9-6-3)69-63(66)57-54-51-48-45-42-39-36-32-29-26-23-20-17-14-11-8-5-2/h16-21,25-29,31,33-34,36,39-40,43,60H,4-15,22-24,30,32,35,37-38,41-42,44-59H2,1-3H3/b19-16-,20-17-,21-18-,28-25-,29-26-,33-31-,34-27-,39-36-,43-40-/t60-/m1/s1. The molecular weight excluding hydrogens is 853 g/mol. The number of hydrogen-bond acceptors (Lipinski definition) is 6. The van der Waals surface area contributed by atoms with E-state index >= 15 is 0 Å². The first kappa shape index (κ1) is 65.1. The van der Waals surface area contributed by atoms with Gasteiger partial charge in [0.1, 0.15) is 13.2 Å². The van der Waals surface area contributed by atoms with Crippen molar-refractivity contribution < 1.29 is 28.6 Å². The molecule has 0 fully saturated rings. The molecule has 1 atom stereocenters. The lowest BCUT2D eigenvalue weighted by molar-refractivity contribution is -0.167. The van der Waals surface area contributed by atoms with Crippen LogP contribution in [0.1, 0.15) is 252 Å². The first-order valence-electron chi connectivity index (χ1n) is 28.4. The molecule has 0 unspecified atom stereocenters. The summed E-state index contributed by atoms with van der Waals surface area (Å²) in [6.45, 7) is 6.49. The van der Waals surface area contributed by atoms with Crippen LogP contribution in [0.4, 0.5) is 0 Å². The maximum absolute atomic E-state index is 12.8. The van der Waals surface area contributed by atoms with Gasteiger partial charge >= 0.3 is 17.9 Å². The minimum absolute atomic E-state index is 0.108. The highest BCUT2D eigenvalue weighted by Crippen LogP contribution is 2.13. The van der Waals surface area contributed by atoms with Gasteiger partial charge in [-0.1, -0.05) is 207 Å². The largest absolute Gasteiger partial charge is 0.462 e. The number of carbonyl (C=O) groups excluding carboxylic acids is 3. The van der Waals surface area contributed by atoms with Crippen molar-refractivity contribution in [3.05, 3.63) is 109 Å². The molecule has 0 spiro atoms. The second-order valence-corrected chi connectivity index (χ2v) is 18.5. The van der Waals surface area contributed by atoms with Crippen LogP contribution in [-0.4, -0.2) is 37.2 Å². The quantitative estimate of drug-likeness (QED) is 0.0262. The molecule has 0 bridgehead atoms.